The standard InChI is InChI=1S/C29H42O4/c1-6-7-17-26-18-9-8-10-19-27(32-5)22-28(30)25(4)16-12-15-23(2)13-11-14-24(3)20-21-29(31)33-26/h7-14,16-17,19-21,23,25-28,30H,6,15,18,22H2,1-5H3. The van der Waals surface area contributed by atoms with Gasteiger partial charge in [0.2, 0.25) is 0 Å². The Balaban J connectivity index is 3.04. The summed E-state index contributed by atoms with van der Waals surface area (Å²) in [5.74, 6) is 0.0623. The molecule has 0 spiro atoms. The molecule has 5 atom stereocenters. The van der Waals surface area contributed by atoms with Crippen molar-refractivity contribution in [3.05, 3.63) is 84.6 Å². The number of aliphatic hydroxyl groups is 1. The van der Waals surface area contributed by atoms with E-state index < -0.39 is 6.10 Å². The molecule has 0 saturated carbocycles. The van der Waals surface area contributed by atoms with E-state index in [0.717, 1.165) is 18.4 Å². The lowest BCUT2D eigenvalue weighted by Gasteiger charge is -2.19. The van der Waals surface area contributed by atoms with Crippen LogP contribution >= 0.6 is 0 Å². The maximum absolute atomic E-state index is 12.3. The summed E-state index contributed by atoms with van der Waals surface area (Å²) < 4.78 is 11.1. The van der Waals surface area contributed by atoms with Crippen LogP contribution in [0.3, 0.4) is 0 Å². The lowest BCUT2D eigenvalue weighted by atomic mass is 9.97. The third-order valence-corrected chi connectivity index (χ3v) is 5.41. The van der Waals surface area contributed by atoms with Crippen LogP contribution in [0.15, 0.2) is 84.6 Å². The summed E-state index contributed by atoms with van der Waals surface area (Å²) in [6.45, 7) is 8.18. The Morgan fingerprint density at radius 1 is 1.09 bits per heavy atom. The highest BCUT2D eigenvalue weighted by atomic mass is 16.5. The van der Waals surface area contributed by atoms with Gasteiger partial charge in [-0.2, -0.15) is 0 Å². The quantitative estimate of drug-likeness (QED) is 0.395. The van der Waals surface area contributed by atoms with Crippen LogP contribution in [-0.2, 0) is 14.3 Å². The van der Waals surface area contributed by atoms with Crippen molar-refractivity contribution >= 4 is 5.97 Å². The average Bonchev–Trinajstić information content (AvgIpc) is 2.79. The third kappa shape index (κ3) is 13.7. The molecule has 0 aromatic heterocycles. The average molecular weight is 455 g/mol. The van der Waals surface area contributed by atoms with Gasteiger partial charge in [-0.1, -0.05) is 93.2 Å². The molecule has 0 bridgehead atoms. The molecule has 0 aliphatic carbocycles. The van der Waals surface area contributed by atoms with Gasteiger partial charge < -0.3 is 14.6 Å². The van der Waals surface area contributed by atoms with E-state index in [2.05, 4.69) is 25.2 Å². The number of hydrogen-bond donors (Lipinski definition) is 1. The van der Waals surface area contributed by atoms with Crippen LogP contribution in [0.2, 0.25) is 0 Å². The summed E-state index contributed by atoms with van der Waals surface area (Å²) in [5, 5.41) is 10.6. The predicted molar refractivity (Wildman–Crippen MR) is 138 cm³/mol. The molecule has 4 heteroatoms. The van der Waals surface area contributed by atoms with Crippen LogP contribution in [0.5, 0.6) is 0 Å². The predicted octanol–water partition coefficient (Wildman–Crippen LogP) is 6.42. The Hall–Kier alpha value is -2.43. The number of rotatable bonds is 3. The molecule has 1 N–H and O–H groups in total. The highest BCUT2D eigenvalue weighted by molar-refractivity contribution is 5.82. The Bertz CT molecular complexity index is 766. The van der Waals surface area contributed by atoms with Crippen LogP contribution in [0.4, 0.5) is 0 Å². The fourth-order valence-corrected chi connectivity index (χ4v) is 3.19. The van der Waals surface area contributed by atoms with Crippen LogP contribution in [-0.4, -0.2) is 36.5 Å². The summed E-state index contributed by atoms with van der Waals surface area (Å²) in [4.78, 5) is 12.3. The first kappa shape index (κ1) is 28.6. The van der Waals surface area contributed by atoms with Gasteiger partial charge in [0.25, 0.3) is 0 Å². The van der Waals surface area contributed by atoms with E-state index in [1.165, 1.54) is 6.08 Å². The molecule has 0 amide bonds. The molecule has 0 aromatic carbocycles. The van der Waals surface area contributed by atoms with E-state index in [4.69, 9.17) is 9.47 Å². The van der Waals surface area contributed by atoms with Crippen molar-refractivity contribution in [3.8, 4) is 0 Å². The molecule has 4 nitrogen and oxygen atoms in total. The van der Waals surface area contributed by atoms with Gasteiger partial charge >= 0.3 is 5.97 Å². The first-order valence-corrected chi connectivity index (χ1v) is 12.0. The highest BCUT2D eigenvalue weighted by Crippen LogP contribution is 2.15. The maximum Gasteiger partial charge on any atom is 0.331 e. The normalized spacial score (nSPS) is 28.8. The molecule has 0 saturated heterocycles. The summed E-state index contributed by atoms with van der Waals surface area (Å²) in [5.41, 5.74) is 0.975. The van der Waals surface area contributed by atoms with Crippen molar-refractivity contribution < 1.29 is 19.4 Å². The van der Waals surface area contributed by atoms with Crippen molar-refractivity contribution in [2.75, 3.05) is 7.11 Å². The van der Waals surface area contributed by atoms with Crippen molar-refractivity contribution in [2.24, 2.45) is 11.8 Å². The second-order valence-electron chi connectivity index (χ2n) is 8.57. The number of carbonyl (C=O) groups excluding carboxylic acids is 1. The molecule has 33 heavy (non-hydrogen) atoms. The number of allylic oxidation sites excluding steroid dienone is 9. The zero-order valence-electron chi connectivity index (χ0n) is 20.9. The number of methoxy groups -OCH3 is 1. The summed E-state index contributed by atoms with van der Waals surface area (Å²) in [6.07, 6.45) is 27.2. The Kier molecular flexibility index (Phi) is 14.8. The summed E-state index contributed by atoms with van der Waals surface area (Å²) in [6, 6.07) is 0. The molecule has 0 fully saturated rings. The van der Waals surface area contributed by atoms with Crippen molar-refractivity contribution in [2.45, 2.75) is 71.7 Å². The minimum atomic E-state index is -0.483. The van der Waals surface area contributed by atoms with Gasteiger partial charge in [0.05, 0.1) is 12.2 Å². The van der Waals surface area contributed by atoms with E-state index >= 15 is 0 Å². The zero-order chi connectivity index (χ0) is 24.5. The van der Waals surface area contributed by atoms with Gasteiger partial charge in [-0.15, -0.1) is 0 Å². The van der Waals surface area contributed by atoms with Crippen molar-refractivity contribution in [3.63, 3.8) is 0 Å². The Morgan fingerprint density at radius 3 is 2.61 bits per heavy atom. The first-order chi connectivity index (χ1) is 15.8. The fourth-order valence-electron chi connectivity index (χ4n) is 3.19. The molecule has 1 heterocycles. The lowest BCUT2D eigenvalue weighted by Crippen LogP contribution is -2.23. The first-order valence-electron chi connectivity index (χ1n) is 12.0. The van der Waals surface area contributed by atoms with Gasteiger partial charge in [0, 0.05) is 31.9 Å². The highest BCUT2D eigenvalue weighted by Gasteiger charge is 2.16. The molecule has 182 valence electrons. The Labute approximate surface area is 200 Å². The molecule has 1 aliphatic rings. The molecular weight excluding hydrogens is 412 g/mol. The summed E-state index contributed by atoms with van der Waals surface area (Å²) in [7, 11) is 1.65. The maximum atomic E-state index is 12.3. The van der Waals surface area contributed by atoms with Crippen LogP contribution in [0.1, 0.15) is 53.4 Å². The van der Waals surface area contributed by atoms with Crippen molar-refractivity contribution in [1.29, 1.82) is 0 Å². The van der Waals surface area contributed by atoms with Gasteiger partial charge in [-0.3, -0.25) is 0 Å². The summed E-state index contributed by atoms with van der Waals surface area (Å²) >= 11 is 0. The largest absolute Gasteiger partial charge is 0.455 e. The molecule has 1 rings (SSSR count). The van der Waals surface area contributed by atoms with Crippen LogP contribution in [0, 0.1) is 11.8 Å². The lowest BCUT2D eigenvalue weighted by molar-refractivity contribution is -0.140. The Morgan fingerprint density at radius 2 is 1.88 bits per heavy atom. The minimum Gasteiger partial charge on any atom is -0.455 e. The zero-order valence-corrected chi connectivity index (χ0v) is 20.9. The van der Waals surface area contributed by atoms with Gasteiger partial charge in [0.1, 0.15) is 6.10 Å². The molecule has 1 aliphatic heterocycles. The monoisotopic (exact) mass is 454 g/mol. The SMILES string of the molecule is CCC=CC1CC=CC=CC(OC)CC(O)C(C)C=CCC(C)C=CC=C(C)C=CC(=O)O1. The number of ether oxygens (including phenoxy) is 2. The van der Waals surface area contributed by atoms with E-state index in [1.54, 1.807) is 13.2 Å². The second kappa shape index (κ2) is 17.1. The second-order valence-corrected chi connectivity index (χ2v) is 8.57. The van der Waals surface area contributed by atoms with Crippen molar-refractivity contribution in [1.82, 2.24) is 0 Å². The van der Waals surface area contributed by atoms with Crippen LogP contribution in [0.25, 0.3) is 0 Å². The fraction of sp³-hybridized carbons (Fsp3) is 0.483. The number of aliphatic hydroxyl groups excluding tert-OH is 1. The van der Waals surface area contributed by atoms with E-state index in [9.17, 15) is 9.90 Å². The molecule has 0 radical (unpaired) electrons. The third-order valence-electron chi connectivity index (χ3n) is 5.41. The number of esters is 1. The smallest absolute Gasteiger partial charge is 0.331 e. The number of carbonyl (C=O) groups is 1. The van der Waals surface area contributed by atoms with E-state index in [-0.39, 0.29) is 24.1 Å². The van der Waals surface area contributed by atoms with Gasteiger partial charge in [-0.05, 0) is 31.8 Å². The van der Waals surface area contributed by atoms with E-state index in [1.807, 2.05) is 69.4 Å². The molecule has 5 unspecified atom stereocenters. The number of hydrogen-bond acceptors (Lipinski definition) is 4. The minimum absolute atomic E-state index is 0.0497. The number of cyclic esters (lactones) is 1. The molecule has 0 aromatic rings. The van der Waals surface area contributed by atoms with Gasteiger partial charge in [-0.25, -0.2) is 4.79 Å². The van der Waals surface area contributed by atoms with E-state index in [0.29, 0.717) is 18.8 Å². The van der Waals surface area contributed by atoms with Crippen LogP contribution < -0.4 is 0 Å². The van der Waals surface area contributed by atoms with Gasteiger partial charge in [0.15, 0.2) is 0 Å². The molecular formula is C29H42O4. The topological polar surface area (TPSA) is 55.8 Å².